The molecule has 4 N–H and O–H groups in total. The van der Waals surface area contributed by atoms with Crippen LogP contribution in [0.3, 0.4) is 0 Å². The van der Waals surface area contributed by atoms with Crippen LogP contribution in [-0.4, -0.2) is 40.8 Å². The van der Waals surface area contributed by atoms with Crippen molar-refractivity contribution in [3.05, 3.63) is 24.3 Å². The number of sulfonamides is 1. The molecule has 0 spiro atoms. The van der Waals surface area contributed by atoms with E-state index in [2.05, 4.69) is 10.0 Å². The molecule has 6 nitrogen and oxygen atoms in total. The average molecular weight is 301 g/mol. The molecular weight excluding hydrogens is 278 g/mol. The number of nitrogens with two attached hydrogens (primary N) is 1. The lowest BCUT2D eigenvalue weighted by Gasteiger charge is -2.14. The molecule has 0 aliphatic heterocycles. The van der Waals surface area contributed by atoms with Crippen molar-refractivity contribution < 1.29 is 13.2 Å². The van der Waals surface area contributed by atoms with E-state index in [0.717, 1.165) is 0 Å². The van der Waals surface area contributed by atoms with Gasteiger partial charge in [0.05, 0.1) is 18.9 Å². The van der Waals surface area contributed by atoms with Gasteiger partial charge >= 0.3 is 0 Å². The average Bonchev–Trinajstić information content (AvgIpc) is 2.37. The van der Waals surface area contributed by atoms with Crippen molar-refractivity contribution in [2.75, 3.05) is 31.6 Å². The highest BCUT2D eigenvalue weighted by Gasteiger charge is 2.18. The Bertz CT molecular complexity index is 503. The van der Waals surface area contributed by atoms with E-state index in [0.29, 0.717) is 32.0 Å². The van der Waals surface area contributed by atoms with E-state index in [-0.39, 0.29) is 10.9 Å². The van der Waals surface area contributed by atoms with Crippen LogP contribution in [0.25, 0.3) is 0 Å². The number of benzene rings is 1. The van der Waals surface area contributed by atoms with Crippen molar-refractivity contribution >= 4 is 15.7 Å². The number of hydrogen-bond donors (Lipinski definition) is 3. The molecule has 0 unspecified atom stereocenters. The lowest BCUT2D eigenvalue weighted by molar-refractivity contribution is 0.151. The van der Waals surface area contributed by atoms with E-state index in [1.807, 2.05) is 0 Å². The summed E-state index contributed by atoms with van der Waals surface area (Å²) in [5.74, 6) is 0. The van der Waals surface area contributed by atoms with Gasteiger partial charge in [0.15, 0.2) is 0 Å². The molecule has 0 aliphatic carbocycles. The largest absolute Gasteiger partial charge is 0.382 e. The number of para-hydroxylation sites is 1. The summed E-state index contributed by atoms with van der Waals surface area (Å²) < 4.78 is 32.2. The van der Waals surface area contributed by atoms with Crippen molar-refractivity contribution in [1.29, 1.82) is 0 Å². The first kappa shape index (κ1) is 16.9. The Balaban J connectivity index is 2.73. The van der Waals surface area contributed by atoms with Gasteiger partial charge < -0.3 is 15.8 Å². The van der Waals surface area contributed by atoms with E-state index in [1.54, 1.807) is 38.1 Å². The van der Waals surface area contributed by atoms with Crippen molar-refractivity contribution in [2.45, 2.75) is 24.8 Å². The van der Waals surface area contributed by atoms with Gasteiger partial charge in [-0.25, -0.2) is 13.1 Å². The number of ether oxygens (including phenoxy) is 1. The molecule has 114 valence electrons. The minimum absolute atomic E-state index is 0.152. The molecule has 0 bridgehead atoms. The maximum Gasteiger partial charge on any atom is 0.242 e. The fourth-order valence-corrected chi connectivity index (χ4v) is 3.10. The number of hydrogen-bond acceptors (Lipinski definition) is 5. The van der Waals surface area contributed by atoms with Gasteiger partial charge in [-0.3, -0.25) is 0 Å². The minimum atomic E-state index is -3.51. The standard InChI is InChI=1S/C13H23N3O3S/c1-11(2)16-20(17,18)13-6-4-3-5-12(13)15-8-10-19-9-7-14/h3-6,11,15-16H,7-10,14H2,1-2H3. The van der Waals surface area contributed by atoms with Crippen LogP contribution in [0.15, 0.2) is 29.2 Å². The Morgan fingerprint density at radius 1 is 1.25 bits per heavy atom. The van der Waals surface area contributed by atoms with Crippen LogP contribution in [0, 0.1) is 0 Å². The van der Waals surface area contributed by atoms with Gasteiger partial charge in [0.1, 0.15) is 4.90 Å². The second kappa shape index (κ2) is 8.21. The second-order valence-electron chi connectivity index (χ2n) is 4.60. The third-order valence-electron chi connectivity index (χ3n) is 2.39. The van der Waals surface area contributed by atoms with Gasteiger partial charge in [0, 0.05) is 19.1 Å². The minimum Gasteiger partial charge on any atom is -0.382 e. The summed E-state index contributed by atoms with van der Waals surface area (Å²) in [6, 6.07) is 6.65. The van der Waals surface area contributed by atoms with Crippen molar-refractivity contribution in [3.8, 4) is 0 Å². The molecule has 0 aliphatic rings. The molecule has 1 aromatic rings. The molecule has 0 atom stereocenters. The highest BCUT2D eigenvalue weighted by atomic mass is 32.2. The third-order valence-corrected chi connectivity index (χ3v) is 4.11. The molecule has 20 heavy (non-hydrogen) atoms. The van der Waals surface area contributed by atoms with E-state index < -0.39 is 10.0 Å². The Hall–Kier alpha value is -1.15. The topological polar surface area (TPSA) is 93.5 Å². The molecule has 0 saturated heterocycles. The Morgan fingerprint density at radius 2 is 1.95 bits per heavy atom. The second-order valence-corrected chi connectivity index (χ2v) is 6.28. The summed E-state index contributed by atoms with van der Waals surface area (Å²) in [5, 5.41) is 3.07. The SMILES string of the molecule is CC(C)NS(=O)(=O)c1ccccc1NCCOCCN. The summed E-state index contributed by atoms with van der Waals surface area (Å²) in [6.45, 7) is 5.54. The molecule has 0 saturated carbocycles. The highest BCUT2D eigenvalue weighted by molar-refractivity contribution is 7.89. The maximum atomic E-state index is 12.2. The van der Waals surface area contributed by atoms with E-state index in [4.69, 9.17) is 10.5 Å². The van der Waals surface area contributed by atoms with Crippen LogP contribution in [-0.2, 0) is 14.8 Å². The maximum absolute atomic E-state index is 12.2. The van der Waals surface area contributed by atoms with Gasteiger partial charge in [-0.2, -0.15) is 0 Å². The van der Waals surface area contributed by atoms with Crippen LogP contribution in [0.1, 0.15) is 13.8 Å². The lowest BCUT2D eigenvalue weighted by Crippen LogP contribution is -2.31. The number of nitrogens with one attached hydrogen (secondary N) is 2. The van der Waals surface area contributed by atoms with Crippen molar-refractivity contribution in [2.24, 2.45) is 5.73 Å². The van der Waals surface area contributed by atoms with Crippen LogP contribution in [0.4, 0.5) is 5.69 Å². The summed E-state index contributed by atoms with van der Waals surface area (Å²) in [6.07, 6.45) is 0. The van der Waals surface area contributed by atoms with E-state index in [9.17, 15) is 8.42 Å². The molecule has 0 amide bonds. The Kier molecular flexibility index (Phi) is 6.94. The molecule has 0 radical (unpaired) electrons. The highest BCUT2D eigenvalue weighted by Crippen LogP contribution is 2.20. The van der Waals surface area contributed by atoms with E-state index >= 15 is 0 Å². The summed E-state index contributed by atoms with van der Waals surface area (Å²) >= 11 is 0. The molecule has 0 heterocycles. The first-order valence-corrected chi connectivity index (χ1v) is 8.08. The van der Waals surface area contributed by atoms with Crippen molar-refractivity contribution in [3.63, 3.8) is 0 Å². The zero-order chi connectivity index (χ0) is 15.0. The first-order valence-electron chi connectivity index (χ1n) is 6.60. The monoisotopic (exact) mass is 301 g/mol. The predicted octanol–water partition coefficient (Wildman–Crippen LogP) is 0.761. The smallest absolute Gasteiger partial charge is 0.242 e. The molecule has 1 rings (SSSR count). The quantitative estimate of drug-likeness (QED) is 0.586. The fraction of sp³-hybridized carbons (Fsp3) is 0.538. The fourth-order valence-electron chi connectivity index (χ4n) is 1.66. The van der Waals surface area contributed by atoms with Gasteiger partial charge in [-0.15, -0.1) is 0 Å². The Labute approximate surface area is 120 Å². The van der Waals surface area contributed by atoms with Crippen LogP contribution < -0.4 is 15.8 Å². The zero-order valence-corrected chi connectivity index (χ0v) is 12.7. The van der Waals surface area contributed by atoms with Crippen LogP contribution in [0.2, 0.25) is 0 Å². The molecule has 0 fully saturated rings. The van der Waals surface area contributed by atoms with Crippen LogP contribution in [0.5, 0.6) is 0 Å². The van der Waals surface area contributed by atoms with Crippen molar-refractivity contribution in [1.82, 2.24) is 4.72 Å². The first-order chi connectivity index (χ1) is 9.47. The molecule has 0 aromatic heterocycles. The normalized spacial score (nSPS) is 11.8. The summed E-state index contributed by atoms with van der Waals surface area (Å²) in [4.78, 5) is 0.243. The zero-order valence-electron chi connectivity index (χ0n) is 11.9. The third kappa shape index (κ3) is 5.46. The lowest BCUT2D eigenvalue weighted by atomic mass is 10.3. The van der Waals surface area contributed by atoms with Gasteiger partial charge in [0.25, 0.3) is 0 Å². The van der Waals surface area contributed by atoms with Gasteiger partial charge in [0.2, 0.25) is 10.0 Å². The number of rotatable bonds is 9. The molecule has 7 heteroatoms. The van der Waals surface area contributed by atoms with Gasteiger partial charge in [-0.05, 0) is 26.0 Å². The molecular formula is C13H23N3O3S. The Morgan fingerprint density at radius 3 is 2.60 bits per heavy atom. The van der Waals surface area contributed by atoms with Gasteiger partial charge in [-0.1, -0.05) is 12.1 Å². The van der Waals surface area contributed by atoms with Crippen LogP contribution >= 0.6 is 0 Å². The molecule has 1 aromatic carbocycles. The summed E-state index contributed by atoms with van der Waals surface area (Å²) in [7, 11) is -3.51. The number of anilines is 1. The predicted molar refractivity (Wildman–Crippen MR) is 80.3 cm³/mol. The van der Waals surface area contributed by atoms with E-state index in [1.165, 1.54) is 0 Å². The summed E-state index contributed by atoms with van der Waals surface area (Å²) in [5.41, 5.74) is 5.88.